The van der Waals surface area contributed by atoms with E-state index < -0.39 is 8.07 Å². The number of hydrogen-bond acceptors (Lipinski definition) is 3. The van der Waals surface area contributed by atoms with Crippen molar-refractivity contribution in [1.29, 1.82) is 0 Å². The average Bonchev–Trinajstić information content (AvgIpc) is 3.43. The van der Waals surface area contributed by atoms with Crippen LogP contribution < -0.4 is 5.19 Å². The van der Waals surface area contributed by atoms with Crippen molar-refractivity contribution < 1.29 is 24.5 Å². The van der Waals surface area contributed by atoms with E-state index in [1.54, 1.807) is 0 Å². The molecule has 235 valence electrons. The molecular formula is C40H44IrN2OSi-2. The predicted molar refractivity (Wildman–Crippen MR) is 189 cm³/mol. The molecule has 0 fully saturated rings. The van der Waals surface area contributed by atoms with Crippen LogP contribution in [0.2, 0.25) is 19.6 Å². The van der Waals surface area contributed by atoms with Crippen LogP contribution in [0.5, 0.6) is 0 Å². The number of fused-ring (bicyclic) bond motifs is 3. The molecule has 0 amide bonds. The fourth-order valence-corrected chi connectivity index (χ4v) is 7.09. The van der Waals surface area contributed by atoms with E-state index in [1.165, 1.54) is 32.6 Å². The quantitative estimate of drug-likeness (QED) is 0.119. The Morgan fingerprint density at radius 3 is 2.27 bits per heavy atom. The van der Waals surface area contributed by atoms with E-state index in [9.17, 15) is 0 Å². The number of aryl methyl sites for hydroxylation is 1. The van der Waals surface area contributed by atoms with Gasteiger partial charge in [0.05, 0.1) is 5.58 Å². The Morgan fingerprint density at radius 1 is 0.867 bits per heavy atom. The van der Waals surface area contributed by atoms with Crippen molar-refractivity contribution in [3.63, 3.8) is 0 Å². The van der Waals surface area contributed by atoms with Crippen molar-refractivity contribution in [2.24, 2.45) is 0 Å². The Kier molecular flexibility index (Phi) is 11.4. The third-order valence-corrected chi connectivity index (χ3v) is 10.7. The van der Waals surface area contributed by atoms with Gasteiger partial charge in [-0.05, 0) is 54.3 Å². The molecule has 0 aliphatic rings. The number of para-hydroxylation sites is 1. The fourth-order valence-electron chi connectivity index (χ4n) is 5.58. The number of pyridine rings is 2. The zero-order valence-electron chi connectivity index (χ0n) is 27.8. The number of rotatable bonds is 7. The minimum Gasteiger partial charge on any atom is -0.501 e. The number of aromatic nitrogens is 2. The molecule has 0 saturated carbocycles. The Balaban J connectivity index is 0.000000275. The van der Waals surface area contributed by atoms with Crippen LogP contribution in [-0.4, -0.2) is 18.0 Å². The summed E-state index contributed by atoms with van der Waals surface area (Å²) in [6.45, 7) is 18.3. The van der Waals surface area contributed by atoms with Gasteiger partial charge in [0, 0.05) is 46.0 Å². The first-order valence-corrected chi connectivity index (χ1v) is 19.4. The van der Waals surface area contributed by atoms with Crippen LogP contribution in [0.3, 0.4) is 0 Å². The molecule has 3 aromatic heterocycles. The van der Waals surface area contributed by atoms with E-state index in [1.807, 2.05) is 42.6 Å². The molecule has 0 aliphatic heterocycles. The monoisotopic (exact) mass is 789 g/mol. The van der Waals surface area contributed by atoms with Crippen LogP contribution >= 0.6 is 0 Å². The summed E-state index contributed by atoms with van der Waals surface area (Å²) in [6.07, 6.45) is 6.08. The summed E-state index contributed by atoms with van der Waals surface area (Å²) < 4.78 is 6.49. The Morgan fingerprint density at radius 2 is 1.60 bits per heavy atom. The van der Waals surface area contributed by atoms with Gasteiger partial charge in [-0.15, -0.1) is 53.2 Å². The fraction of sp³-hybridized carbons (Fsp3) is 0.300. The zero-order chi connectivity index (χ0) is 31.4. The van der Waals surface area contributed by atoms with Crippen LogP contribution in [0.25, 0.3) is 44.5 Å². The summed E-state index contributed by atoms with van der Waals surface area (Å²) in [5.74, 6) is 0.935. The molecule has 2 unspecified atom stereocenters. The maximum Gasteiger partial charge on any atom is 0.120 e. The Bertz CT molecular complexity index is 1870. The first-order chi connectivity index (χ1) is 21.1. The molecule has 45 heavy (non-hydrogen) atoms. The van der Waals surface area contributed by atoms with Gasteiger partial charge in [-0.3, -0.25) is 0 Å². The Labute approximate surface area is 283 Å². The molecule has 5 heteroatoms. The third-order valence-electron chi connectivity index (χ3n) is 8.66. The van der Waals surface area contributed by atoms with Crippen LogP contribution in [-0.2, 0) is 20.1 Å². The topological polar surface area (TPSA) is 38.9 Å². The second-order valence-corrected chi connectivity index (χ2v) is 18.0. The van der Waals surface area contributed by atoms with Gasteiger partial charge in [-0.25, -0.2) is 0 Å². The molecule has 6 rings (SSSR count). The summed E-state index contributed by atoms with van der Waals surface area (Å²) in [5.41, 5.74) is 9.79. The molecule has 0 spiro atoms. The minimum atomic E-state index is -1.59. The van der Waals surface area contributed by atoms with Crippen molar-refractivity contribution in [3.05, 3.63) is 114 Å². The predicted octanol–water partition coefficient (Wildman–Crippen LogP) is 10.9. The molecule has 3 nitrogen and oxygen atoms in total. The molecule has 0 saturated heterocycles. The first-order valence-electron chi connectivity index (χ1n) is 15.9. The van der Waals surface area contributed by atoms with Crippen molar-refractivity contribution >= 4 is 35.2 Å². The van der Waals surface area contributed by atoms with E-state index >= 15 is 0 Å². The molecule has 2 atom stereocenters. The molecule has 6 aromatic rings. The second kappa shape index (κ2) is 14.8. The molecule has 0 N–H and O–H groups in total. The van der Waals surface area contributed by atoms with Gasteiger partial charge in [-0.2, -0.15) is 0 Å². The SMILES string of the molecule is CCC(C)c1cnc(-c2[c-]cc([Si](C)(C)C)c3c2oc2ccccc23)c(C(C)CC)c1.Cc1ccnc(-c2[c-]cccc2)c1.[Ir]. The number of hydrogen-bond donors (Lipinski definition) is 0. The van der Waals surface area contributed by atoms with Crippen molar-refractivity contribution in [3.8, 4) is 22.5 Å². The van der Waals surface area contributed by atoms with E-state index in [0.717, 1.165) is 46.5 Å². The van der Waals surface area contributed by atoms with Gasteiger partial charge in [0.2, 0.25) is 0 Å². The third kappa shape index (κ3) is 7.55. The summed E-state index contributed by atoms with van der Waals surface area (Å²) in [6, 6.07) is 31.7. The van der Waals surface area contributed by atoms with Crippen LogP contribution in [0.15, 0.2) is 89.6 Å². The Hall–Kier alpha value is -3.37. The number of benzene rings is 3. The van der Waals surface area contributed by atoms with Crippen molar-refractivity contribution in [2.45, 2.75) is 78.9 Å². The normalized spacial score (nSPS) is 12.7. The molecule has 3 aromatic carbocycles. The van der Waals surface area contributed by atoms with Gasteiger partial charge in [0.15, 0.2) is 0 Å². The summed E-state index contributed by atoms with van der Waals surface area (Å²) >= 11 is 0. The van der Waals surface area contributed by atoms with Gasteiger partial charge in [0.25, 0.3) is 0 Å². The van der Waals surface area contributed by atoms with Gasteiger partial charge in [-0.1, -0.05) is 106 Å². The largest absolute Gasteiger partial charge is 0.501 e. The maximum atomic E-state index is 6.49. The molecule has 1 radical (unpaired) electrons. The second-order valence-electron chi connectivity index (χ2n) is 12.9. The van der Waals surface area contributed by atoms with Gasteiger partial charge < -0.3 is 14.4 Å². The number of furan rings is 1. The first kappa shape index (κ1) is 34.5. The van der Waals surface area contributed by atoms with Crippen LogP contribution in [0, 0.1) is 19.1 Å². The van der Waals surface area contributed by atoms with Gasteiger partial charge >= 0.3 is 0 Å². The van der Waals surface area contributed by atoms with Crippen LogP contribution in [0.4, 0.5) is 0 Å². The molecule has 0 bridgehead atoms. The van der Waals surface area contributed by atoms with E-state index in [-0.39, 0.29) is 20.1 Å². The standard InChI is InChI=1S/C28H34NOSi.C12H10N.Ir/c1-8-18(3)20-16-23(19(4)9-2)27(29-17-20)22-14-15-25(31(5,6)7)26-21-12-10-11-13-24(21)30-28(22)26;1-10-7-8-13-12(9-10)11-5-3-2-4-6-11;/h10-13,15-19H,8-9H2,1-7H3;2-5,7-9H,1H3;/q2*-1;. The maximum absolute atomic E-state index is 6.49. The summed E-state index contributed by atoms with van der Waals surface area (Å²) in [5, 5.41) is 3.86. The minimum absolute atomic E-state index is 0. The van der Waals surface area contributed by atoms with E-state index in [4.69, 9.17) is 9.40 Å². The zero-order valence-corrected chi connectivity index (χ0v) is 31.2. The van der Waals surface area contributed by atoms with Gasteiger partial charge in [0.1, 0.15) is 5.58 Å². The van der Waals surface area contributed by atoms with E-state index in [2.05, 4.69) is 114 Å². The van der Waals surface area contributed by atoms with Crippen LogP contribution in [0.1, 0.15) is 69.1 Å². The smallest absolute Gasteiger partial charge is 0.120 e. The summed E-state index contributed by atoms with van der Waals surface area (Å²) in [4.78, 5) is 9.30. The van der Waals surface area contributed by atoms with E-state index in [0.29, 0.717) is 11.8 Å². The number of nitrogens with zero attached hydrogens (tertiary/aromatic N) is 2. The molecule has 3 heterocycles. The molecular weight excluding hydrogens is 745 g/mol. The van der Waals surface area contributed by atoms with Crippen molar-refractivity contribution in [1.82, 2.24) is 9.97 Å². The summed E-state index contributed by atoms with van der Waals surface area (Å²) in [7, 11) is -1.59. The van der Waals surface area contributed by atoms with Crippen molar-refractivity contribution in [2.75, 3.05) is 0 Å². The molecule has 0 aliphatic carbocycles. The average molecular weight is 789 g/mol.